The number of oxazole rings is 1. The molecule has 1 atom stereocenters. The molecule has 0 spiro atoms. The van der Waals surface area contributed by atoms with Gasteiger partial charge in [-0.2, -0.15) is 0 Å². The van der Waals surface area contributed by atoms with Crippen molar-refractivity contribution in [2.24, 2.45) is 0 Å². The van der Waals surface area contributed by atoms with E-state index in [-0.39, 0.29) is 17.8 Å². The smallest absolute Gasteiger partial charge is 0.408 e. The minimum Gasteiger partial charge on any atom is -0.408 e. The summed E-state index contributed by atoms with van der Waals surface area (Å²) in [5, 5.41) is 6.11. The van der Waals surface area contributed by atoms with Crippen LogP contribution in [0.3, 0.4) is 0 Å². The van der Waals surface area contributed by atoms with Gasteiger partial charge in [-0.15, -0.1) is 0 Å². The van der Waals surface area contributed by atoms with E-state index < -0.39 is 11.8 Å². The van der Waals surface area contributed by atoms with Gasteiger partial charge < -0.3 is 15.1 Å². The first kappa shape index (κ1) is 15.4. The van der Waals surface area contributed by atoms with Crippen molar-refractivity contribution in [1.29, 1.82) is 0 Å². The van der Waals surface area contributed by atoms with E-state index in [4.69, 9.17) is 4.42 Å². The lowest BCUT2D eigenvalue weighted by Gasteiger charge is -2.20. The Morgan fingerprint density at radius 2 is 1.96 bits per heavy atom. The van der Waals surface area contributed by atoms with E-state index in [1.54, 1.807) is 30.3 Å². The molecule has 0 radical (unpaired) electrons. The van der Waals surface area contributed by atoms with Gasteiger partial charge in [0.05, 0.1) is 5.52 Å². The highest BCUT2D eigenvalue weighted by Gasteiger charge is 2.28. The van der Waals surface area contributed by atoms with Crippen LogP contribution >= 0.6 is 0 Å². The maximum absolute atomic E-state index is 13.2. The van der Waals surface area contributed by atoms with Gasteiger partial charge in [0, 0.05) is 11.7 Å². The Kier molecular flexibility index (Phi) is 3.76. The number of anilines is 1. The van der Waals surface area contributed by atoms with Crippen LogP contribution in [0.1, 0.15) is 24.4 Å². The van der Waals surface area contributed by atoms with E-state index in [0.717, 1.165) is 12.8 Å². The van der Waals surface area contributed by atoms with Crippen LogP contribution in [-0.2, 0) is 4.79 Å². The molecule has 1 aromatic heterocycles. The monoisotopic (exact) mass is 341 g/mol. The SMILES string of the molecule is O=C(NC1CC1)[C@@H](Nc1ccc2oc(=O)[nH]c2c1)c1ccc(F)cc1. The molecule has 7 heteroatoms. The van der Waals surface area contributed by atoms with Crippen LogP contribution in [0.5, 0.6) is 0 Å². The number of hydrogen-bond acceptors (Lipinski definition) is 4. The zero-order chi connectivity index (χ0) is 17.4. The minimum absolute atomic E-state index is 0.171. The number of amides is 1. The van der Waals surface area contributed by atoms with Crippen molar-refractivity contribution in [3.63, 3.8) is 0 Å². The zero-order valence-corrected chi connectivity index (χ0v) is 13.2. The van der Waals surface area contributed by atoms with Crippen molar-refractivity contribution >= 4 is 22.7 Å². The minimum atomic E-state index is -0.669. The molecular weight excluding hydrogens is 325 g/mol. The molecule has 3 N–H and O–H groups in total. The molecule has 3 aromatic rings. The lowest BCUT2D eigenvalue weighted by Crippen LogP contribution is -2.34. The summed E-state index contributed by atoms with van der Waals surface area (Å²) in [5.74, 6) is -1.06. The number of rotatable bonds is 5. The molecular formula is C18H16FN3O3. The van der Waals surface area contributed by atoms with Crippen molar-refractivity contribution in [3.8, 4) is 0 Å². The molecule has 1 fully saturated rings. The number of fused-ring (bicyclic) bond motifs is 1. The quantitative estimate of drug-likeness (QED) is 0.666. The standard InChI is InChI=1S/C18H16FN3O3/c19-11-3-1-10(2-4-11)16(17(23)21-12-5-6-12)20-13-7-8-15-14(9-13)22-18(24)25-15/h1-4,7-9,12,16,20H,5-6H2,(H,21,23)(H,22,24)/t16-/m0/s1. The third-order valence-corrected chi connectivity index (χ3v) is 4.12. The van der Waals surface area contributed by atoms with Gasteiger partial charge in [0.25, 0.3) is 0 Å². The van der Waals surface area contributed by atoms with Crippen LogP contribution in [0.25, 0.3) is 11.1 Å². The first-order valence-electron chi connectivity index (χ1n) is 8.04. The summed E-state index contributed by atoms with van der Waals surface area (Å²) >= 11 is 0. The molecule has 0 bridgehead atoms. The highest BCUT2D eigenvalue weighted by Crippen LogP contribution is 2.25. The number of nitrogens with one attached hydrogen (secondary N) is 3. The number of hydrogen-bond donors (Lipinski definition) is 3. The lowest BCUT2D eigenvalue weighted by molar-refractivity contribution is -0.122. The van der Waals surface area contributed by atoms with Gasteiger partial charge in [0.2, 0.25) is 5.91 Å². The van der Waals surface area contributed by atoms with E-state index in [1.165, 1.54) is 12.1 Å². The number of aromatic nitrogens is 1. The highest BCUT2D eigenvalue weighted by atomic mass is 19.1. The van der Waals surface area contributed by atoms with E-state index in [1.807, 2.05) is 0 Å². The Hall–Kier alpha value is -3.09. The van der Waals surface area contributed by atoms with Crippen LogP contribution in [-0.4, -0.2) is 16.9 Å². The van der Waals surface area contributed by atoms with Gasteiger partial charge in [-0.3, -0.25) is 9.78 Å². The van der Waals surface area contributed by atoms with Crippen molar-refractivity contribution in [3.05, 3.63) is 64.4 Å². The summed E-state index contributed by atoms with van der Waals surface area (Å²) in [6, 6.07) is 10.4. The van der Waals surface area contributed by atoms with E-state index in [9.17, 15) is 14.0 Å². The molecule has 1 aliphatic carbocycles. The van der Waals surface area contributed by atoms with E-state index in [0.29, 0.717) is 22.4 Å². The van der Waals surface area contributed by atoms with Crippen LogP contribution < -0.4 is 16.4 Å². The first-order chi connectivity index (χ1) is 12.1. The van der Waals surface area contributed by atoms with Gasteiger partial charge in [-0.1, -0.05) is 12.1 Å². The molecule has 4 rings (SSSR count). The van der Waals surface area contributed by atoms with Gasteiger partial charge in [-0.25, -0.2) is 9.18 Å². The normalized spacial score (nSPS) is 15.1. The third-order valence-electron chi connectivity index (χ3n) is 4.12. The first-order valence-corrected chi connectivity index (χ1v) is 8.04. The Bertz CT molecular complexity index is 973. The molecule has 1 heterocycles. The number of carbonyl (C=O) groups is 1. The molecule has 1 saturated carbocycles. The molecule has 1 amide bonds. The van der Waals surface area contributed by atoms with Crippen LogP contribution in [0.2, 0.25) is 0 Å². The summed E-state index contributed by atoms with van der Waals surface area (Å²) in [4.78, 5) is 26.5. The molecule has 0 saturated heterocycles. The Morgan fingerprint density at radius 1 is 1.20 bits per heavy atom. The maximum atomic E-state index is 13.2. The van der Waals surface area contributed by atoms with Crippen LogP contribution in [0.4, 0.5) is 10.1 Å². The molecule has 128 valence electrons. The number of benzene rings is 2. The Balaban J connectivity index is 1.64. The summed E-state index contributed by atoms with van der Waals surface area (Å²) in [6.45, 7) is 0. The molecule has 25 heavy (non-hydrogen) atoms. The van der Waals surface area contributed by atoms with Gasteiger partial charge in [0.15, 0.2) is 5.58 Å². The predicted octanol–water partition coefficient (Wildman–Crippen LogP) is 2.69. The summed E-state index contributed by atoms with van der Waals surface area (Å²) < 4.78 is 18.2. The van der Waals surface area contributed by atoms with E-state index in [2.05, 4.69) is 15.6 Å². The largest absolute Gasteiger partial charge is 0.417 e. The fraction of sp³-hybridized carbons (Fsp3) is 0.222. The van der Waals surface area contributed by atoms with Crippen molar-refractivity contribution in [2.45, 2.75) is 24.9 Å². The average Bonchev–Trinajstić information content (AvgIpc) is 3.32. The summed E-state index contributed by atoms with van der Waals surface area (Å²) in [5.41, 5.74) is 2.27. The van der Waals surface area contributed by atoms with Crippen molar-refractivity contribution in [2.75, 3.05) is 5.32 Å². The lowest BCUT2D eigenvalue weighted by atomic mass is 10.1. The average molecular weight is 341 g/mol. The van der Waals surface area contributed by atoms with E-state index >= 15 is 0 Å². The van der Waals surface area contributed by atoms with Crippen molar-refractivity contribution < 1.29 is 13.6 Å². The maximum Gasteiger partial charge on any atom is 0.417 e. The number of H-pyrrole nitrogens is 1. The summed E-state index contributed by atoms with van der Waals surface area (Å²) in [6.07, 6.45) is 1.95. The molecule has 0 unspecified atom stereocenters. The zero-order valence-electron chi connectivity index (χ0n) is 13.2. The topological polar surface area (TPSA) is 87.1 Å². The summed E-state index contributed by atoms with van der Waals surface area (Å²) in [7, 11) is 0. The number of carbonyl (C=O) groups excluding carboxylic acids is 1. The predicted molar refractivity (Wildman–Crippen MR) is 90.8 cm³/mol. The fourth-order valence-corrected chi connectivity index (χ4v) is 2.68. The Morgan fingerprint density at radius 3 is 2.68 bits per heavy atom. The molecule has 2 aromatic carbocycles. The second-order valence-electron chi connectivity index (χ2n) is 6.14. The molecule has 6 nitrogen and oxygen atoms in total. The van der Waals surface area contributed by atoms with Crippen molar-refractivity contribution in [1.82, 2.24) is 10.3 Å². The molecule has 1 aliphatic rings. The number of halogens is 1. The second-order valence-corrected chi connectivity index (χ2v) is 6.14. The van der Waals surface area contributed by atoms with Gasteiger partial charge in [-0.05, 0) is 48.7 Å². The third kappa shape index (κ3) is 3.40. The highest BCUT2D eigenvalue weighted by molar-refractivity contribution is 5.87. The van der Waals surface area contributed by atoms with Gasteiger partial charge >= 0.3 is 5.76 Å². The van der Waals surface area contributed by atoms with Gasteiger partial charge in [0.1, 0.15) is 11.9 Å². The Labute approximate surface area is 142 Å². The second kappa shape index (κ2) is 6.08. The number of aromatic amines is 1. The van der Waals surface area contributed by atoms with Crippen LogP contribution in [0, 0.1) is 5.82 Å². The van der Waals surface area contributed by atoms with Crippen LogP contribution in [0.15, 0.2) is 51.7 Å². The molecule has 0 aliphatic heterocycles. The fourth-order valence-electron chi connectivity index (χ4n) is 2.68.